The molecule has 0 radical (unpaired) electrons. The van der Waals surface area contributed by atoms with E-state index in [4.69, 9.17) is 19.7 Å². The summed E-state index contributed by atoms with van der Waals surface area (Å²) in [5, 5.41) is 17.7. The molecule has 8 heteroatoms. The average Bonchev–Trinajstić information content (AvgIpc) is 3.35. The second-order valence-electron chi connectivity index (χ2n) is 21.6. The van der Waals surface area contributed by atoms with Crippen molar-refractivity contribution in [3.8, 4) is 11.5 Å². The Morgan fingerprint density at radius 1 is 0.338 bits per heavy atom. The second kappa shape index (κ2) is 50.6. The lowest BCUT2D eigenvalue weighted by Crippen LogP contribution is -2.13. The van der Waals surface area contributed by atoms with Crippen molar-refractivity contribution in [2.75, 3.05) is 0 Å². The van der Waals surface area contributed by atoms with Crippen molar-refractivity contribution in [3.05, 3.63) is 23.8 Å². The number of unbranched alkanes of at least 4 members (excludes halogenated alkanes) is 40. The number of esters is 2. The fourth-order valence-corrected chi connectivity index (χ4v) is 10.2. The first-order valence-corrected chi connectivity index (χ1v) is 30.8. The van der Waals surface area contributed by atoms with E-state index in [9.17, 15) is 19.2 Å². The molecule has 0 atom stereocenters. The van der Waals surface area contributed by atoms with E-state index >= 15 is 0 Å². The molecule has 0 aliphatic heterocycles. The highest BCUT2D eigenvalue weighted by Gasteiger charge is 2.19. The van der Waals surface area contributed by atoms with Gasteiger partial charge in [-0.2, -0.15) is 0 Å². The molecule has 0 spiro atoms. The van der Waals surface area contributed by atoms with E-state index in [0.29, 0.717) is 30.3 Å². The summed E-state index contributed by atoms with van der Waals surface area (Å²) in [5.41, 5.74) is 1.18. The number of carboxylic acids is 2. The Balaban J connectivity index is 2.86. The quantitative estimate of drug-likeness (QED) is 0.0375. The summed E-state index contributed by atoms with van der Waals surface area (Å²) in [6, 6.07) is 6.04. The molecule has 0 aliphatic rings. The first-order valence-electron chi connectivity index (χ1n) is 30.8. The number of carboxylic acid groups (broad SMARTS) is 2. The minimum Gasteiger partial charge on any atom is -0.481 e. The van der Waals surface area contributed by atoms with Crippen LogP contribution in [0.1, 0.15) is 346 Å². The van der Waals surface area contributed by atoms with E-state index < -0.39 is 11.9 Å². The van der Waals surface area contributed by atoms with E-state index in [0.717, 1.165) is 103 Å². The number of ether oxygens (including phenoxy) is 2. The second-order valence-corrected chi connectivity index (χ2v) is 21.6. The molecule has 0 bridgehead atoms. The minimum absolute atomic E-state index is 0.242. The molecule has 2 N–H and O–H groups in total. The van der Waals surface area contributed by atoms with Crippen LogP contribution in [0.4, 0.5) is 0 Å². The number of hydrogen-bond donors (Lipinski definition) is 2. The fraction of sp³-hybridized carbons (Fsp3) is 0.841. The van der Waals surface area contributed by atoms with Crippen molar-refractivity contribution < 1.29 is 38.9 Å². The predicted octanol–water partition coefficient (Wildman–Crippen LogP) is 20.3. The Morgan fingerprint density at radius 3 is 0.887 bits per heavy atom. The van der Waals surface area contributed by atoms with Gasteiger partial charge in [-0.15, -0.1) is 0 Å². The molecular formula is C63H112O8. The zero-order valence-electron chi connectivity index (χ0n) is 46.5. The monoisotopic (exact) mass is 997 g/mol. The maximum atomic E-state index is 13.4. The van der Waals surface area contributed by atoms with E-state index in [1.165, 1.54) is 198 Å². The number of rotatable bonds is 55. The molecule has 0 amide bonds. The van der Waals surface area contributed by atoms with Crippen LogP contribution < -0.4 is 9.47 Å². The van der Waals surface area contributed by atoms with Gasteiger partial charge in [0.05, 0.1) is 0 Å². The van der Waals surface area contributed by atoms with Gasteiger partial charge in [0.2, 0.25) is 0 Å². The molecular weight excluding hydrogens is 885 g/mol. The van der Waals surface area contributed by atoms with Crippen molar-refractivity contribution >= 4 is 23.9 Å². The highest BCUT2D eigenvalue weighted by molar-refractivity contribution is 5.76. The number of hydrogen-bond acceptors (Lipinski definition) is 6. The molecule has 0 aromatic heterocycles. The van der Waals surface area contributed by atoms with Crippen molar-refractivity contribution in [1.29, 1.82) is 0 Å². The smallest absolute Gasteiger partial charge is 0.311 e. The predicted molar refractivity (Wildman–Crippen MR) is 298 cm³/mol. The topological polar surface area (TPSA) is 127 Å². The molecule has 1 aromatic rings. The van der Waals surface area contributed by atoms with Gasteiger partial charge in [0.1, 0.15) is 0 Å². The third-order valence-corrected chi connectivity index (χ3v) is 14.7. The Bertz CT molecular complexity index is 1350. The van der Waals surface area contributed by atoms with Crippen LogP contribution in [0, 0.1) is 0 Å². The van der Waals surface area contributed by atoms with Gasteiger partial charge in [-0.1, -0.05) is 277 Å². The van der Waals surface area contributed by atoms with Crippen LogP contribution in [0.25, 0.3) is 0 Å². The Labute approximate surface area is 437 Å². The first kappa shape index (κ1) is 66.1. The highest BCUT2D eigenvalue weighted by atomic mass is 16.6. The third kappa shape index (κ3) is 44.3. The summed E-state index contributed by atoms with van der Waals surface area (Å²) in [7, 11) is 0. The van der Waals surface area contributed by atoms with Crippen LogP contribution in [0.5, 0.6) is 11.5 Å². The largest absolute Gasteiger partial charge is 0.481 e. The van der Waals surface area contributed by atoms with Crippen molar-refractivity contribution in [2.45, 2.75) is 341 Å². The molecule has 0 fully saturated rings. The summed E-state index contributed by atoms with van der Waals surface area (Å²) in [6.07, 6.45) is 56.0. The first-order chi connectivity index (χ1) is 34.8. The minimum atomic E-state index is -0.689. The van der Waals surface area contributed by atoms with Crippen LogP contribution in [0.2, 0.25) is 0 Å². The fourth-order valence-electron chi connectivity index (χ4n) is 10.2. The zero-order chi connectivity index (χ0) is 51.5. The van der Waals surface area contributed by atoms with Crippen molar-refractivity contribution in [3.63, 3.8) is 0 Å². The molecule has 8 nitrogen and oxygen atoms in total. The van der Waals surface area contributed by atoms with Gasteiger partial charge in [-0.25, -0.2) is 0 Å². The molecule has 0 saturated heterocycles. The van der Waals surface area contributed by atoms with E-state index in [1.54, 1.807) is 0 Å². The molecule has 0 aliphatic carbocycles. The summed E-state index contributed by atoms with van der Waals surface area (Å²) < 4.78 is 12.1. The van der Waals surface area contributed by atoms with E-state index in [2.05, 4.69) is 19.9 Å². The van der Waals surface area contributed by atoms with Crippen LogP contribution in [0.3, 0.4) is 0 Å². The van der Waals surface area contributed by atoms with Gasteiger partial charge < -0.3 is 19.7 Å². The Morgan fingerprint density at radius 2 is 0.592 bits per heavy atom. The maximum Gasteiger partial charge on any atom is 0.311 e. The number of carbonyl (C=O) groups is 4. The van der Waals surface area contributed by atoms with Crippen molar-refractivity contribution in [1.82, 2.24) is 0 Å². The van der Waals surface area contributed by atoms with Crippen LogP contribution in [-0.2, 0) is 19.2 Å². The standard InChI is InChI=1S/C63H112O8/c1-3-5-7-9-11-13-17-27-33-39-45-51-62(68)70-58-54-53-57(55-59(58)71-63(69)52-46-40-34-28-18-14-12-10-8-6-4-2)56(47-41-35-29-23-19-15-21-25-31-37-43-49-60(64)65)48-42-36-30-24-20-16-22-26-32-38-44-50-61(66)67/h53-56H,3-52H2,1-2H3,(H,64,65)(H,66,67). The van der Waals surface area contributed by atoms with Crippen LogP contribution >= 0.6 is 0 Å². The van der Waals surface area contributed by atoms with Gasteiger partial charge in [-0.3, -0.25) is 19.2 Å². The summed E-state index contributed by atoms with van der Waals surface area (Å²) in [5.74, 6) is -0.753. The molecule has 1 rings (SSSR count). The van der Waals surface area contributed by atoms with Crippen LogP contribution in [-0.4, -0.2) is 34.1 Å². The Kier molecular flexibility index (Phi) is 47.1. The van der Waals surface area contributed by atoms with Gasteiger partial charge >= 0.3 is 23.9 Å². The molecule has 0 heterocycles. The normalized spacial score (nSPS) is 11.4. The van der Waals surface area contributed by atoms with Gasteiger partial charge in [-0.05, 0) is 62.1 Å². The number of benzene rings is 1. The van der Waals surface area contributed by atoms with E-state index in [-0.39, 0.29) is 24.8 Å². The van der Waals surface area contributed by atoms with Crippen molar-refractivity contribution in [2.24, 2.45) is 0 Å². The molecule has 412 valence electrons. The number of carbonyl (C=O) groups excluding carboxylic acids is 2. The zero-order valence-corrected chi connectivity index (χ0v) is 46.5. The molecule has 71 heavy (non-hydrogen) atoms. The lowest BCUT2D eigenvalue weighted by molar-refractivity contribution is -0.138. The maximum absolute atomic E-state index is 13.4. The molecule has 1 aromatic carbocycles. The summed E-state index contributed by atoms with van der Waals surface area (Å²) >= 11 is 0. The lowest BCUT2D eigenvalue weighted by Gasteiger charge is -2.20. The van der Waals surface area contributed by atoms with Crippen LogP contribution in [0.15, 0.2) is 18.2 Å². The SMILES string of the molecule is CCCCCCCCCCCCCC(=O)Oc1ccc(C(CCCCCCCCCCCCCC(=O)O)CCCCCCCCCCCCCC(=O)O)cc1OC(=O)CCCCCCCCCCCCC. The molecule has 0 unspecified atom stereocenters. The van der Waals surface area contributed by atoms with Gasteiger partial charge in [0.25, 0.3) is 0 Å². The average molecular weight is 998 g/mol. The van der Waals surface area contributed by atoms with E-state index in [1.807, 2.05) is 12.1 Å². The highest BCUT2D eigenvalue weighted by Crippen LogP contribution is 2.36. The third-order valence-electron chi connectivity index (χ3n) is 14.7. The Hall–Kier alpha value is -2.90. The lowest BCUT2D eigenvalue weighted by atomic mass is 9.87. The summed E-state index contributed by atoms with van der Waals surface area (Å²) in [4.78, 5) is 48.2. The number of aliphatic carboxylic acids is 2. The van der Waals surface area contributed by atoms with Gasteiger partial charge in [0, 0.05) is 25.7 Å². The van der Waals surface area contributed by atoms with Gasteiger partial charge in [0.15, 0.2) is 11.5 Å². The summed E-state index contributed by atoms with van der Waals surface area (Å²) in [6.45, 7) is 4.52. The molecule has 0 saturated carbocycles.